The Morgan fingerprint density at radius 1 is 1.32 bits per heavy atom. The van der Waals surface area contributed by atoms with Crippen LogP contribution in [0.3, 0.4) is 0 Å². The van der Waals surface area contributed by atoms with Crippen LogP contribution < -0.4 is 5.32 Å². The highest BCUT2D eigenvalue weighted by atomic mass is 32.1. The zero-order valence-electron chi connectivity index (χ0n) is 11.6. The number of thiazole rings is 1. The second-order valence-electron chi connectivity index (χ2n) is 4.68. The van der Waals surface area contributed by atoms with Crippen molar-refractivity contribution >= 4 is 17.2 Å². The number of rotatable bonds is 5. The number of aliphatic hydroxyl groups excluding tert-OH is 1. The van der Waals surface area contributed by atoms with E-state index in [1.807, 2.05) is 17.5 Å². The lowest BCUT2D eigenvalue weighted by atomic mass is 10.1. The molecule has 3 aromatic rings. The molecular formula is C16H14N2O3S. The second kappa shape index (κ2) is 6.55. The number of hydrogen-bond donors (Lipinski definition) is 2. The van der Waals surface area contributed by atoms with Crippen molar-refractivity contribution < 1.29 is 14.3 Å². The fourth-order valence-electron chi connectivity index (χ4n) is 2.09. The van der Waals surface area contributed by atoms with E-state index < -0.39 is 6.04 Å². The lowest BCUT2D eigenvalue weighted by Crippen LogP contribution is -2.30. The van der Waals surface area contributed by atoms with Crippen LogP contribution in [0.25, 0.3) is 11.3 Å². The van der Waals surface area contributed by atoms with Gasteiger partial charge in [-0.1, -0.05) is 12.1 Å². The Hall–Kier alpha value is -2.44. The smallest absolute Gasteiger partial charge is 0.251 e. The molecule has 1 aromatic carbocycles. The molecule has 1 amide bonds. The van der Waals surface area contributed by atoms with E-state index in [0.717, 1.165) is 11.3 Å². The van der Waals surface area contributed by atoms with E-state index in [1.165, 1.54) is 17.6 Å². The predicted molar refractivity (Wildman–Crippen MR) is 83.6 cm³/mol. The number of aromatic nitrogens is 1. The number of aliphatic hydroxyl groups is 1. The Morgan fingerprint density at radius 3 is 2.73 bits per heavy atom. The Bertz CT molecular complexity index is 721. The van der Waals surface area contributed by atoms with Gasteiger partial charge in [0.2, 0.25) is 0 Å². The summed E-state index contributed by atoms with van der Waals surface area (Å²) in [5.41, 5.74) is 4.14. The average molecular weight is 314 g/mol. The van der Waals surface area contributed by atoms with E-state index in [4.69, 9.17) is 4.42 Å². The van der Waals surface area contributed by atoms with Gasteiger partial charge in [0.1, 0.15) is 11.8 Å². The second-order valence-corrected chi connectivity index (χ2v) is 5.39. The first-order chi connectivity index (χ1) is 10.8. The summed E-state index contributed by atoms with van der Waals surface area (Å²) < 4.78 is 5.21. The van der Waals surface area contributed by atoms with E-state index in [1.54, 1.807) is 29.8 Å². The highest BCUT2D eigenvalue weighted by Crippen LogP contribution is 2.20. The molecule has 3 rings (SSSR count). The molecule has 112 valence electrons. The summed E-state index contributed by atoms with van der Waals surface area (Å²) in [6.07, 6.45) is 1.51. The fraction of sp³-hybridized carbons (Fsp3) is 0.125. The summed E-state index contributed by atoms with van der Waals surface area (Å²) in [5.74, 6) is 0.259. The fourth-order valence-corrected chi connectivity index (χ4v) is 2.65. The molecule has 2 heterocycles. The summed E-state index contributed by atoms with van der Waals surface area (Å²) >= 11 is 1.53. The van der Waals surface area contributed by atoms with Crippen molar-refractivity contribution in [2.45, 2.75) is 6.04 Å². The van der Waals surface area contributed by atoms with Crippen molar-refractivity contribution in [3.05, 3.63) is 64.9 Å². The highest BCUT2D eigenvalue weighted by molar-refractivity contribution is 7.07. The third-order valence-electron chi connectivity index (χ3n) is 3.25. The van der Waals surface area contributed by atoms with E-state index in [0.29, 0.717) is 11.3 Å². The van der Waals surface area contributed by atoms with Gasteiger partial charge in [-0.3, -0.25) is 4.79 Å². The van der Waals surface area contributed by atoms with Crippen molar-refractivity contribution in [3.63, 3.8) is 0 Å². The zero-order valence-corrected chi connectivity index (χ0v) is 12.4. The molecule has 0 aliphatic rings. The average Bonchev–Trinajstić information content (AvgIpc) is 3.25. The molecule has 0 fully saturated rings. The molecule has 0 aliphatic heterocycles. The van der Waals surface area contributed by atoms with Crippen LogP contribution in [0.15, 0.2) is 58.0 Å². The summed E-state index contributed by atoms with van der Waals surface area (Å²) in [6, 6.07) is 10.1. The van der Waals surface area contributed by atoms with Crippen LogP contribution in [0.2, 0.25) is 0 Å². The Kier molecular flexibility index (Phi) is 4.32. The van der Waals surface area contributed by atoms with Crippen LogP contribution in [0.5, 0.6) is 0 Å². The lowest BCUT2D eigenvalue weighted by molar-refractivity contribution is 0.0907. The SMILES string of the molecule is O=C(NC(CO)c1ccco1)c1ccc(-c2cscn2)cc1. The Labute approximate surface area is 131 Å². The normalized spacial score (nSPS) is 12.0. The van der Waals surface area contributed by atoms with E-state index in [-0.39, 0.29) is 12.5 Å². The number of hydrogen-bond acceptors (Lipinski definition) is 5. The number of nitrogens with zero attached hydrogens (tertiary/aromatic N) is 1. The van der Waals surface area contributed by atoms with Crippen LogP contribution in [-0.2, 0) is 0 Å². The third-order valence-corrected chi connectivity index (χ3v) is 3.84. The van der Waals surface area contributed by atoms with E-state index in [2.05, 4.69) is 10.3 Å². The number of carbonyl (C=O) groups excluding carboxylic acids is 1. The van der Waals surface area contributed by atoms with Gasteiger partial charge in [-0.2, -0.15) is 0 Å². The van der Waals surface area contributed by atoms with Gasteiger partial charge in [0.25, 0.3) is 5.91 Å². The Balaban J connectivity index is 1.72. The topological polar surface area (TPSA) is 75.4 Å². The van der Waals surface area contributed by atoms with Gasteiger partial charge in [0, 0.05) is 16.5 Å². The first-order valence-corrected chi connectivity index (χ1v) is 7.66. The first kappa shape index (κ1) is 14.5. The van der Waals surface area contributed by atoms with Gasteiger partial charge >= 0.3 is 0 Å². The van der Waals surface area contributed by atoms with Crippen LogP contribution in [0, 0.1) is 0 Å². The molecule has 6 heteroatoms. The molecule has 22 heavy (non-hydrogen) atoms. The van der Waals surface area contributed by atoms with Crippen LogP contribution in [0.1, 0.15) is 22.2 Å². The van der Waals surface area contributed by atoms with Gasteiger partial charge in [-0.15, -0.1) is 11.3 Å². The molecule has 0 spiro atoms. The van der Waals surface area contributed by atoms with Gasteiger partial charge in [-0.25, -0.2) is 4.98 Å². The van der Waals surface area contributed by atoms with Crippen LogP contribution in [-0.4, -0.2) is 22.6 Å². The summed E-state index contributed by atoms with van der Waals surface area (Å²) in [4.78, 5) is 16.5. The summed E-state index contributed by atoms with van der Waals surface area (Å²) in [6.45, 7) is -0.226. The zero-order chi connectivity index (χ0) is 15.4. The molecule has 0 aliphatic carbocycles. The standard InChI is InChI=1S/C16H14N2O3S/c19-8-13(15-2-1-7-21-15)18-16(20)12-5-3-11(4-6-12)14-9-22-10-17-14/h1-7,9-10,13,19H,8H2,(H,18,20). The maximum Gasteiger partial charge on any atom is 0.251 e. The monoisotopic (exact) mass is 314 g/mol. The molecular weight excluding hydrogens is 300 g/mol. The minimum atomic E-state index is -0.555. The van der Waals surface area contributed by atoms with E-state index in [9.17, 15) is 9.90 Å². The summed E-state index contributed by atoms with van der Waals surface area (Å²) in [5, 5.41) is 14.1. The van der Waals surface area contributed by atoms with Crippen molar-refractivity contribution in [1.82, 2.24) is 10.3 Å². The minimum Gasteiger partial charge on any atom is -0.467 e. The van der Waals surface area contributed by atoms with Crippen molar-refractivity contribution in [2.24, 2.45) is 0 Å². The van der Waals surface area contributed by atoms with Gasteiger partial charge in [0.15, 0.2) is 0 Å². The molecule has 5 nitrogen and oxygen atoms in total. The predicted octanol–water partition coefficient (Wildman–Crippen LogP) is 2.87. The van der Waals surface area contributed by atoms with Gasteiger partial charge < -0.3 is 14.8 Å². The molecule has 1 atom stereocenters. The van der Waals surface area contributed by atoms with Gasteiger partial charge in [0.05, 0.1) is 24.1 Å². The van der Waals surface area contributed by atoms with Crippen molar-refractivity contribution in [1.29, 1.82) is 0 Å². The van der Waals surface area contributed by atoms with Crippen molar-refractivity contribution in [2.75, 3.05) is 6.61 Å². The van der Waals surface area contributed by atoms with Crippen molar-refractivity contribution in [3.8, 4) is 11.3 Å². The van der Waals surface area contributed by atoms with E-state index >= 15 is 0 Å². The first-order valence-electron chi connectivity index (χ1n) is 6.71. The molecule has 0 radical (unpaired) electrons. The molecule has 0 saturated carbocycles. The maximum atomic E-state index is 12.2. The number of carbonyl (C=O) groups is 1. The van der Waals surface area contributed by atoms with Crippen LogP contribution in [0.4, 0.5) is 0 Å². The molecule has 1 unspecified atom stereocenters. The van der Waals surface area contributed by atoms with Gasteiger partial charge in [-0.05, 0) is 24.3 Å². The largest absolute Gasteiger partial charge is 0.467 e. The summed E-state index contributed by atoms with van der Waals surface area (Å²) in [7, 11) is 0. The third kappa shape index (κ3) is 3.08. The quantitative estimate of drug-likeness (QED) is 0.759. The highest BCUT2D eigenvalue weighted by Gasteiger charge is 2.17. The number of benzene rings is 1. The number of nitrogens with one attached hydrogen (secondary N) is 1. The van der Waals surface area contributed by atoms with Crippen LogP contribution >= 0.6 is 11.3 Å². The maximum absolute atomic E-state index is 12.2. The Morgan fingerprint density at radius 2 is 2.14 bits per heavy atom. The molecule has 2 aromatic heterocycles. The minimum absolute atomic E-state index is 0.226. The molecule has 0 bridgehead atoms. The molecule has 2 N–H and O–H groups in total. The lowest BCUT2D eigenvalue weighted by Gasteiger charge is -2.14. The number of amides is 1. The number of furan rings is 1. The molecule has 0 saturated heterocycles.